The van der Waals surface area contributed by atoms with Crippen LogP contribution in [0.15, 0.2) is 473 Å². The standard InChI is InChI=1S/C64H41FN2O.C58H37FN2O/c65-49-28-36-53(37-29-49)67-60-14-6-4-11-55(60)59-41-48(27-40-61(59)67)46-19-17-43(18-20-46)45-23-32-51(33-24-45)66(50-30-21-44(22-31-50)42-9-2-1-3-10-42)52-34-25-47(26-35-52)54-38-39-58-56-12-5-7-15-62(56)68-63-16-8-13-57(54)64(58)63;59-43-26-32-47(33-27-43)61-54-14-6-4-11-49(54)53-37-42(25-36-55(53)61)40-19-17-38(18-20-40)39-21-28-45(29-22-39)60(44-9-2-1-3-10-44)46-30-23-41(24-31-46)48-34-35-52-50-12-5-7-15-56(50)62-57-16-8-13-51(48)58(52)57/h1-41H;1-37H. The third kappa shape index (κ3) is 13.7. The number of hydrogen-bond donors (Lipinski definition) is 0. The first-order valence-electron chi connectivity index (χ1n) is 43.9. The first kappa shape index (κ1) is 76.5. The molecule has 8 heteroatoms. The zero-order valence-corrected chi connectivity index (χ0v) is 70.4. The molecule has 21 aromatic carbocycles. The van der Waals surface area contributed by atoms with E-state index in [2.05, 4.69) is 419 Å². The van der Waals surface area contributed by atoms with Crippen molar-refractivity contribution in [3.05, 3.63) is 485 Å². The van der Waals surface area contributed by atoms with Gasteiger partial charge in [0.05, 0.1) is 22.1 Å². The highest BCUT2D eigenvalue weighted by Crippen LogP contribution is 2.52. The first-order valence-corrected chi connectivity index (χ1v) is 43.9. The third-order valence-electron chi connectivity index (χ3n) is 25.8. The van der Waals surface area contributed by atoms with E-state index in [1.165, 1.54) is 73.8 Å². The Balaban J connectivity index is 0.000000145. The van der Waals surface area contributed by atoms with Crippen LogP contribution < -0.4 is 19.3 Å². The Morgan fingerprint density at radius 3 is 0.823 bits per heavy atom. The van der Waals surface area contributed by atoms with Gasteiger partial charge in [-0.15, -0.1) is 0 Å². The zero-order valence-electron chi connectivity index (χ0n) is 70.4. The average molecular weight is 1670 g/mol. The summed E-state index contributed by atoms with van der Waals surface area (Å²) >= 11 is 0. The van der Waals surface area contributed by atoms with Gasteiger partial charge in [0.25, 0.3) is 0 Å². The number of aromatic nitrogens is 2. The molecule has 0 saturated carbocycles. The third-order valence-corrected chi connectivity index (χ3v) is 25.8. The monoisotopic (exact) mass is 1670 g/mol. The minimum atomic E-state index is -0.242. The quantitative estimate of drug-likeness (QED) is 0.102. The van der Waals surface area contributed by atoms with Crippen LogP contribution in [-0.2, 0) is 0 Å². The fourth-order valence-electron chi connectivity index (χ4n) is 19.5. The Morgan fingerprint density at radius 1 is 0.169 bits per heavy atom. The Kier molecular flexibility index (Phi) is 18.9. The molecular weight excluding hydrogens is 1590 g/mol. The summed E-state index contributed by atoms with van der Waals surface area (Å²) in [4.78, 5) is 4.64. The molecule has 0 N–H and O–H groups in total. The van der Waals surface area contributed by atoms with E-state index >= 15 is 0 Å². The van der Waals surface area contributed by atoms with E-state index < -0.39 is 0 Å². The summed E-state index contributed by atoms with van der Waals surface area (Å²) in [5, 5.41) is 9.31. The van der Waals surface area contributed by atoms with Crippen LogP contribution in [-0.4, -0.2) is 9.13 Å². The van der Waals surface area contributed by atoms with Gasteiger partial charge in [0.15, 0.2) is 0 Å². The molecule has 0 bridgehead atoms. The number of nitrogens with zero attached hydrogens (tertiary/aromatic N) is 4. The largest absolute Gasteiger partial charge is 0.456 e. The number of hydrogen-bond acceptors (Lipinski definition) is 4. The number of anilines is 6. The highest BCUT2D eigenvalue weighted by molar-refractivity contribution is 6.14. The average Bonchev–Trinajstić information content (AvgIpc) is 1.33. The Bertz CT molecular complexity index is 8290. The topological polar surface area (TPSA) is 34.8 Å². The Hall–Kier alpha value is -17.2. The van der Waals surface area contributed by atoms with Gasteiger partial charge in [-0.1, -0.05) is 291 Å². The second-order valence-corrected chi connectivity index (χ2v) is 33.3. The lowest BCUT2D eigenvalue weighted by Crippen LogP contribution is -2.09. The van der Waals surface area contributed by atoms with Crippen molar-refractivity contribution < 1.29 is 18.3 Å². The van der Waals surface area contributed by atoms with Gasteiger partial charge in [0.2, 0.25) is 0 Å². The van der Waals surface area contributed by atoms with Gasteiger partial charge >= 0.3 is 0 Å². The molecule has 0 unspecified atom stereocenters. The summed E-state index contributed by atoms with van der Waals surface area (Å²) in [6.45, 7) is 0. The second kappa shape index (κ2) is 32.1. The molecule has 0 atom stereocenters. The van der Waals surface area contributed by atoms with Crippen molar-refractivity contribution in [3.8, 4) is 135 Å². The van der Waals surface area contributed by atoms with E-state index in [0.717, 1.165) is 184 Å². The molecule has 130 heavy (non-hydrogen) atoms. The van der Waals surface area contributed by atoms with E-state index in [4.69, 9.17) is 9.47 Å². The van der Waals surface area contributed by atoms with Crippen molar-refractivity contribution in [2.45, 2.75) is 0 Å². The first-order chi connectivity index (χ1) is 64.2. The number of rotatable bonds is 15. The SMILES string of the molecule is Fc1ccc(-n2c3ccccc3c3cc(-c4ccc(-c5ccc(N(c6ccc(-c7ccccc7)cc6)c6ccc(-c7ccc8c9c(cccc79)Oc7ccccc7-8)cc6)cc5)cc4)ccc32)cc1.Fc1ccc(-n2c3ccccc3c3cc(-c4ccc(-c5ccc(N(c6ccccc6)c6ccc(-c7ccc8c9c(cccc79)Oc7ccccc7-8)cc6)cc5)cc4)ccc32)cc1. The zero-order chi connectivity index (χ0) is 86.3. The van der Waals surface area contributed by atoms with Crippen LogP contribution in [0.2, 0.25) is 0 Å². The molecule has 2 aliphatic heterocycles. The van der Waals surface area contributed by atoms with Crippen LogP contribution in [0, 0.1) is 11.6 Å². The van der Waals surface area contributed by atoms with E-state index in [9.17, 15) is 8.78 Å². The fourth-order valence-corrected chi connectivity index (χ4v) is 19.5. The molecule has 2 aromatic heterocycles. The summed E-state index contributed by atoms with van der Waals surface area (Å²) in [6, 6.07) is 165. The summed E-state index contributed by atoms with van der Waals surface area (Å²) in [5.74, 6) is 3.09. The van der Waals surface area contributed by atoms with E-state index in [0.29, 0.717) is 0 Å². The summed E-state index contributed by atoms with van der Waals surface area (Å²) in [6.07, 6.45) is 0. The van der Waals surface area contributed by atoms with Crippen molar-refractivity contribution in [1.29, 1.82) is 0 Å². The number of halogens is 2. The molecule has 0 fully saturated rings. The van der Waals surface area contributed by atoms with Crippen LogP contribution >= 0.6 is 0 Å². The maximum absolute atomic E-state index is 13.9. The van der Waals surface area contributed by atoms with Gasteiger partial charge in [-0.2, -0.15) is 0 Å². The predicted molar refractivity (Wildman–Crippen MR) is 535 cm³/mol. The Morgan fingerprint density at radius 2 is 0.438 bits per heavy atom. The van der Waals surface area contributed by atoms with E-state index in [-0.39, 0.29) is 11.6 Å². The number of para-hydroxylation sites is 5. The van der Waals surface area contributed by atoms with Crippen molar-refractivity contribution >= 4 is 99.3 Å². The molecule has 0 saturated heterocycles. The normalized spacial score (nSPS) is 11.7. The van der Waals surface area contributed by atoms with Crippen molar-refractivity contribution in [1.82, 2.24) is 9.13 Å². The van der Waals surface area contributed by atoms with Gasteiger partial charge < -0.3 is 28.4 Å². The van der Waals surface area contributed by atoms with E-state index in [1.54, 1.807) is 0 Å². The van der Waals surface area contributed by atoms with Crippen molar-refractivity contribution in [2.24, 2.45) is 0 Å². The van der Waals surface area contributed by atoms with Gasteiger partial charge in [-0.05, 0) is 282 Å². The lowest BCUT2D eigenvalue weighted by Gasteiger charge is -2.26. The Labute approximate surface area is 750 Å². The number of ether oxygens (including phenoxy) is 2. The summed E-state index contributed by atoms with van der Waals surface area (Å²) in [5.41, 5.74) is 33.5. The van der Waals surface area contributed by atoms with Crippen molar-refractivity contribution in [2.75, 3.05) is 9.80 Å². The summed E-state index contributed by atoms with van der Waals surface area (Å²) in [7, 11) is 0. The molecule has 23 aromatic rings. The van der Waals surface area contributed by atoms with Crippen molar-refractivity contribution in [3.63, 3.8) is 0 Å². The molecular formula is C122H78F2N4O2. The maximum Gasteiger partial charge on any atom is 0.135 e. The predicted octanol–water partition coefficient (Wildman–Crippen LogP) is 34.3. The molecule has 0 amide bonds. The van der Waals surface area contributed by atoms with Gasteiger partial charge in [-0.3, -0.25) is 0 Å². The smallest absolute Gasteiger partial charge is 0.135 e. The fraction of sp³-hybridized carbons (Fsp3) is 0. The minimum absolute atomic E-state index is 0.240. The minimum Gasteiger partial charge on any atom is -0.456 e. The molecule has 6 nitrogen and oxygen atoms in total. The van der Waals surface area contributed by atoms with Crippen LogP contribution in [0.3, 0.4) is 0 Å². The lowest BCUT2D eigenvalue weighted by molar-refractivity contribution is 0.487. The maximum atomic E-state index is 13.9. The lowest BCUT2D eigenvalue weighted by atomic mass is 9.90. The molecule has 0 spiro atoms. The van der Waals surface area contributed by atoms with Crippen LogP contribution in [0.5, 0.6) is 23.0 Å². The number of benzene rings is 21. The highest BCUT2D eigenvalue weighted by atomic mass is 19.1. The van der Waals surface area contributed by atoms with Gasteiger partial charge in [-0.25, -0.2) is 8.78 Å². The van der Waals surface area contributed by atoms with Crippen LogP contribution in [0.25, 0.3) is 177 Å². The van der Waals surface area contributed by atoms with Crippen LogP contribution in [0.4, 0.5) is 42.9 Å². The van der Waals surface area contributed by atoms with Crippen LogP contribution in [0.1, 0.15) is 0 Å². The highest BCUT2D eigenvalue weighted by Gasteiger charge is 2.26. The molecule has 2 aliphatic rings. The molecule has 612 valence electrons. The van der Waals surface area contributed by atoms with E-state index in [1.807, 2.05) is 48.5 Å². The second-order valence-electron chi connectivity index (χ2n) is 33.3. The summed E-state index contributed by atoms with van der Waals surface area (Å²) < 4.78 is 44.9. The molecule has 25 rings (SSSR count). The van der Waals surface area contributed by atoms with Gasteiger partial charge in [0.1, 0.15) is 34.6 Å². The van der Waals surface area contributed by atoms with Gasteiger partial charge in [0, 0.05) is 88.9 Å². The molecule has 4 heterocycles. The number of fused-ring (bicyclic) bond motifs is 10. The molecule has 0 radical (unpaired) electrons. The molecule has 0 aliphatic carbocycles.